The van der Waals surface area contributed by atoms with Gasteiger partial charge in [0.05, 0.1) is 10.9 Å². The number of phenolic OH excluding ortho intramolecular Hbond substituents is 1. The number of nitrogens with zero attached hydrogens (tertiary/aromatic N) is 1. The van der Waals surface area contributed by atoms with Gasteiger partial charge in [-0.25, -0.2) is 4.98 Å². The Morgan fingerprint density at radius 3 is 2.63 bits per heavy atom. The van der Waals surface area contributed by atoms with E-state index in [1.54, 1.807) is 42.5 Å². The summed E-state index contributed by atoms with van der Waals surface area (Å²) in [6.07, 6.45) is 0. The van der Waals surface area contributed by atoms with Gasteiger partial charge in [0.25, 0.3) is 5.56 Å². The fourth-order valence-corrected chi connectivity index (χ4v) is 1.88. The molecule has 0 aliphatic carbocycles. The van der Waals surface area contributed by atoms with Crippen molar-refractivity contribution in [3.8, 4) is 17.1 Å². The van der Waals surface area contributed by atoms with Gasteiger partial charge in [-0.3, -0.25) is 4.79 Å². The molecule has 4 nitrogen and oxygen atoms in total. The number of benzene rings is 2. The fraction of sp³-hybridized carbons (Fsp3) is 0. The standard InChI is InChI=1S/C14H10N2O2.ClH/c17-10-5-3-4-9(8-10)13-15-12-7-2-1-6-11(12)14(18)16-13;/h1-8,17H,(H,15,16,18);1H. The van der Waals surface area contributed by atoms with E-state index in [4.69, 9.17) is 0 Å². The molecule has 3 rings (SSSR count). The molecule has 2 N–H and O–H groups in total. The predicted molar refractivity (Wildman–Crippen MR) is 76.7 cm³/mol. The van der Waals surface area contributed by atoms with Gasteiger partial charge in [0.15, 0.2) is 0 Å². The summed E-state index contributed by atoms with van der Waals surface area (Å²) in [5.74, 6) is 0.595. The fourth-order valence-electron chi connectivity index (χ4n) is 1.88. The summed E-state index contributed by atoms with van der Waals surface area (Å²) >= 11 is 0. The van der Waals surface area contributed by atoms with E-state index in [-0.39, 0.29) is 23.7 Å². The molecule has 0 spiro atoms. The third kappa shape index (κ3) is 2.44. The first kappa shape index (κ1) is 13.1. The number of para-hydroxylation sites is 1. The third-order valence-corrected chi connectivity index (χ3v) is 2.73. The Labute approximate surface area is 115 Å². The van der Waals surface area contributed by atoms with E-state index in [2.05, 4.69) is 9.97 Å². The lowest BCUT2D eigenvalue weighted by molar-refractivity contribution is 0.475. The Morgan fingerprint density at radius 2 is 1.84 bits per heavy atom. The minimum atomic E-state index is -0.182. The largest absolute Gasteiger partial charge is 0.508 e. The Morgan fingerprint density at radius 1 is 1.05 bits per heavy atom. The van der Waals surface area contributed by atoms with Crippen LogP contribution in [0.25, 0.3) is 22.3 Å². The molecule has 0 aliphatic rings. The second-order valence-corrected chi connectivity index (χ2v) is 3.98. The number of aromatic nitrogens is 2. The van der Waals surface area contributed by atoms with Crippen LogP contribution in [0.3, 0.4) is 0 Å². The van der Waals surface area contributed by atoms with Gasteiger partial charge in [-0.05, 0) is 24.3 Å². The van der Waals surface area contributed by atoms with Crippen LogP contribution in [-0.4, -0.2) is 15.1 Å². The van der Waals surface area contributed by atoms with E-state index >= 15 is 0 Å². The van der Waals surface area contributed by atoms with E-state index in [0.717, 1.165) is 0 Å². The van der Waals surface area contributed by atoms with Crippen molar-refractivity contribution in [2.24, 2.45) is 0 Å². The van der Waals surface area contributed by atoms with Gasteiger partial charge in [0.2, 0.25) is 0 Å². The van der Waals surface area contributed by atoms with Gasteiger partial charge in [0.1, 0.15) is 11.6 Å². The smallest absolute Gasteiger partial charge is 0.259 e. The Balaban J connectivity index is 0.00000133. The SMILES string of the molecule is Cl.O=c1[nH]c(-c2cccc(O)c2)nc2ccccc12. The number of phenols is 1. The van der Waals surface area contributed by atoms with Gasteiger partial charge in [-0.15, -0.1) is 12.4 Å². The van der Waals surface area contributed by atoms with Gasteiger partial charge in [-0.2, -0.15) is 0 Å². The Bertz CT molecular complexity index is 783. The lowest BCUT2D eigenvalue weighted by Gasteiger charge is -2.03. The average molecular weight is 275 g/mol. The molecule has 3 aromatic rings. The van der Waals surface area contributed by atoms with E-state index in [9.17, 15) is 9.90 Å². The topological polar surface area (TPSA) is 66.0 Å². The van der Waals surface area contributed by atoms with E-state index < -0.39 is 0 Å². The molecular weight excluding hydrogens is 264 g/mol. The Hall–Kier alpha value is -2.33. The van der Waals surface area contributed by atoms with Gasteiger partial charge in [0, 0.05) is 5.56 Å². The van der Waals surface area contributed by atoms with Crippen molar-refractivity contribution in [2.75, 3.05) is 0 Å². The maximum absolute atomic E-state index is 11.9. The van der Waals surface area contributed by atoms with E-state index in [1.807, 2.05) is 6.07 Å². The summed E-state index contributed by atoms with van der Waals surface area (Å²) in [7, 11) is 0. The minimum Gasteiger partial charge on any atom is -0.508 e. The van der Waals surface area contributed by atoms with Crippen LogP contribution in [0.1, 0.15) is 0 Å². The van der Waals surface area contributed by atoms with Crippen LogP contribution in [0.4, 0.5) is 0 Å². The maximum Gasteiger partial charge on any atom is 0.259 e. The molecule has 0 amide bonds. The van der Waals surface area contributed by atoms with Crippen LogP contribution in [0.2, 0.25) is 0 Å². The normalized spacial score (nSPS) is 10.1. The molecule has 0 atom stereocenters. The zero-order chi connectivity index (χ0) is 12.5. The molecule has 0 radical (unpaired) electrons. The van der Waals surface area contributed by atoms with Crippen LogP contribution >= 0.6 is 12.4 Å². The highest BCUT2D eigenvalue weighted by atomic mass is 35.5. The first-order chi connectivity index (χ1) is 8.74. The number of hydrogen-bond donors (Lipinski definition) is 2. The molecule has 0 bridgehead atoms. The number of aromatic hydroxyl groups is 1. The van der Waals surface area contributed by atoms with Crippen molar-refractivity contribution in [2.45, 2.75) is 0 Å². The van der Waals surface area contributed by atoms with Crippen molar-refractivity contribution in [1.82, 2.24) is 9.97 Å². The third-order valence-electron chi connectivity index (χ3n) is 2.73. The highest BCUT2D eigenvalue weighted by Gasteiger charge is 2.05. The van der Waals surface area contributed by atoms with Crippen molar-refractivity contribution in [1.29, 1.82) is 0 Å². The van der Waals surface area contributed by atoms with Crippen molar-refractivity contribution in [3.05, 3.63) is 58.9 Å². The molecule has 0 saturated carbocycles. The first-order valence-electron chi connectivity index (χ1n) is 5.52. The Kier molecular flexibility index (Phi) is 3.53. The number of halogens is 1. The lowest BCUT2D eigenvalue weighted by Crippen LogP contribution is -2.09. The number of nitrogens with one attached hydrogen (secondary N) is 1. The lowest BCUT2D eigenvalue weighted by atomic mass is 10.2. The zero-order valence-corrected chi connectivity index (χ0v) is 10.6. The number of aromatic amines is 1. The number of H-pyrrole nitrogens is 1. The van der Waals surface area contributed by atoms with Gasteiger partial charge in [-0.1, -0.05) is 24.3 Å². The monoisotopic (exact) mass is 274 g/mol. The summed E-state index contributed by atoms with van der Waals surface area (Å²) in [6, 6.07) is 13.8. The van der Waals surface area contributed by atoms with Crippen LogP contribution in [0, 0.1) is 0 Å². The molecule has 96 valence electrons. The molecule has 0 aliphatic heterocycles. The number of hydrogen-bond acceptors (Lipinski definition) is 3. The molecule has 0 saturated heterocycles. The molecule has 2 aromatic carbocycles. The predicted octanol–water partition coefficient (Wildman–Crippen LogP) is 2.72. The molecular formula is C14H11ClN2O2. The average Bonchev–Trinajstić information content (AvgIpc) is 2.39. The molecule has 0 fully saturated rings. The zero-order valence-electron chi connectivity index (χ0n) is 9.83. The summed E-state index contributed by atoms with van der Waals surface area (Å²) in [5.41, 5.74) is 1.14. The van der Waals surface area contributed by atoms with Crippen LogP contribution < -0.4 is 5.56 Å². The highest BCUT2D eigenvalue weighted by molar-refractivity contribution is 5.85. The van der Waals surface area contributed by atoms with Crippen LogP contribution in [0.5, 0.6) is 5.75 Å². The molecule has 1 aromatic heterocycles. The van der Waals surface area contributed by atoms with Gasteiger partial charge >= 0.3 is 0 Å². The summed E-state index contributed by atoms with van der Waals surface area (Å²) in [6.45, 7) is 0. The quantitative estimate of drug-likeness (QED) is 0.717. The minimum absolute atomic E-state index is 0. The number of rotatable bonds is 1. The van der Waals surface area contributed by atoms with E-state index in [1.165, 1.54) is 0 Å². The molecule has 1 heterocycles. The number of fused-ring (bicyclic) bond motifs is 1. The molecule has 0 unspecified atom stereocenters. The maximum atomic E-state index is 11.9. The second kappa shape index (κ2) is 5.12. The van der Waals surface area contributed by atoms with Crippen molar-refractivity contribution < 1.29 is 5.11 Å². The highest BCUT2D eigenvalue weighted by Crippen LogP contribution is 2.20. The first-order valence-corrected chi connectivity index (χ1v) is 5.52. The van der Waals surface area contributed by atoms with Crippen molar-refractivity contribution >= 4 is 23.3 Å². The molecule has 5 heteroatoms. The van der Waals surface area contributed by atoms with Crippen LogP contribution in [-0.2, 0) is 0 Å². The van der Waals surface area contributed by atoms with Gasteiger partial charge < -0.3 is 10.1 Å². The molecule has 19 heavy (non-hydrogen) atoms. The second-order valence-electron chi connectivity index (χ2n) is 3.98. The van der Waals surface area contributed by atoms with Crippen LogP contribution in [0.15, 0.2) is 53.3 Å². The van der Waals surface area contributed by atoms with Crippen molar-refractivity contribution in [3.63, 3.8) is 0 Å². The summed E-state index contributed by atoms with van der Waals surface area (Å²) in [4.78, 5) is 19.0. The summed E-state index contributed by atoms with van der Waals surface area (Å²) < 4.78 is 0. The summed E-state index contributed by atoms with van der Waals surface area (Å²) in [5, 5.41) is 9.99. The van der Waals surface area contributed by atoms with E-state index in [0.29, 0.717) is 22.3 Å².